The Morgan fingerprint density at radius 3 is 1.88 bits per heavy atom. The molecule has 4 nitrogen and oxygen atoms in total. The molecule has 0 unspecified atom stereocenters. The summed E-state index contributed by atoms with van der Waals surface area (Å²) in [6.45, 7) is 2.96. The first-order chi connectivity index (χ1) is 15.6. The maximum atomic E-state index is 13.1. The number of rotatable bonds is 4. The molecule has 1 saturated heterocycles. The minimum Gasteiger partial charge on any atom is -0.378 e. The third-order valence-electron chi connectivity index (χ3n) is 5.20. The van der Waals surface area contributed by atoms with Crippen LogP contribution < -0.4 is 10.2 Å². The standard InChI is InChI=1S/C23H19F6N3O/c24-22(25,26)17-11-16(12-18(13-17)23(27,28)29)15-1-6-21(30-14-15)31-19-2-4-20(5-3-19)32-7-9-33-10-8-32/h1-6,11-14H,7-10H2,(H,30,31). The number of nitrogens with one attached hydrogen (secondary N) is 1. The second kappa shape index (κ2) is 8.93. The van der Waals surface area contributed by atoms with Gasteiger partial charge in [-0.1, -0.05) is 0 Å². The maximum Gasteiger partial charge on any atom is 0.416 e. The highest BCUT2D eigenvalue weighted by Crippen LogP contribution is 2.38. The average Bonchev–Trinajstić information content (AvgIpc) is 2.79. The quantitative estimate of drug-likeness (QED) is 0.453. The van der Waals surface area contributed by atoms with E-state index < -0.39 is 23.5 Å². The third-order valence-corrected chi connectivity index (χ3v) is 5.20. The fraction of sp³-hybridized carbons (Fsp3) is 0.261. The van der Waals surface area contributed by atoms with E-state index in [9.17, 15) is 26.3 Å². The third kappa shape index (κ3) is 5.57. The van der Waals surface area contributed by atoms with Gasteiger partial charge in [-0.3, -0.25) is 0 Å². The maximum absolute atomic E-state index is 13.1. The summed E-state index contributed by atoms with van der Waals surface area (Å²) in [7, 11) is 0. The van der Waals surface area contributed by atoms with Crippen LogP contribution in [0.15, 0.2) is 60.8 Å². The number of aromatic nitrogens is 1. The summed E-state index contributed by atoms with van der Waals surface area (Å²) in [5.41, 5.74) is -1.02. The van der Waals surface area contributed by atoms with Gasteiger partial charge in [0.05, 0.1) is 24.3 Å². The number of benzene rings is 2. The van der Waals surface area contributed by atoms with Crippen LogP contribution in [0.2, 0.25) is 0 Å². The van der Waals surface area contributed by atoms with Crippen molar-refractivity contribution < 1.29 is 31.1 Å². The molecule has 3 aromatic rings. The number of halogens is 6. The van der Waals surface area contributed by atoms with Crippen molar-refractivity contribution in [2.24, 2.45) is 0 Å². The highest BCUT2D eigenvalue weighted by atomic mass is 19.4. The van der Waals surface area contributed by atoms with E-state index in [-0.39, 0.29) is 17.2 Å². The van der Waals surface area contributed by atoms with Gasteiger partial charge in [-0.2, -0.15) is 26.3 Å². The normalized spacial score (nSPS) is 14.9. The Balaban J connectivity index is 1.52. The highest BCUT2D eigenvalue weighted by Gasteiger charge is 2.37. The predicted molar refractivity (Wildman–Crippen MR) is 112 cm³/mol. The SMILES string of the molecule is FC(F)(F)c1cc(-c2ccc(Nc3ccc(N4CCOCC4)cc3)nc2)cc(C(F)(F)F)c1. The molecule has 174 valence electrons. The number of hydrogen-bond acceptors (Lipinski definition) is 4. The lowest BCUT2D eigenvalue weighted by molar-refractivity contribution is -0.143. The molecular formula is C23H19F6N3O. The topological polar surface area (TPSA) is 37.4 Å². The zero-order valence-corrected chi connectivity index (χ0v) is 17.2. The molecule has 0 aliphatic carbocycles. The van der Waals surface area contributed by atoms with Crippen molar-refractivity contribution in [3.63, 3.8) is 0 Å². The predicted octanol–water partition coefficient (Wildman–Crippen LogP) is 6.37. The van der Waals surface area contributed by atoms with Crippen LogP contribution in [0, 0.1) is 0 Å². The van der Waals surface area contributed by atoms with Gasteiger partial charge in [-0.15, -0.1) is 0 Å². The molecule has 1 aliphatic rings. The molecule has 0 bridgehead atoms. The van der Waals surface area contributed by atoms with Gasteiger partial charge in [0.1, 0.15) is 5.82 Å². The van der Waals surface area contributed by atoms with Gasteiger partial charge in [-0.05, 0) is 60.2 Å². The molecule has 0 atom stereocenters. The number of pyridine rings is 1. The molecule has 1 aliphatic heterocycles. The van der Waals surface area contributed by atoms with Gasteiger partial charge in [-0.25, -0.2) is 4.98 Å². The molecule has 2 aromatic carbocycles. The number of morpholine rings is 1. The first-order valence-corrected chi connectivity index (χ1v) is 10.1. The van der Waals surface area contributed by atoms with Crippen molar-refractivity contribution in [3.05, 3.63) is 71.9 Å². The Hall–Kier alpha value is -3.27. The van der Waals surface area contributed by atoms with E-state index in [1.54, 1.807) is 0 Å². The molecule has 1 N–H and O–H groups in total. The smallest absolute Gasteiger partial charge is 0.378 e. The number of nitrogens with zero attached hydrogens (tertiary/aromatic N) is 2. The lowest BCUT2D eigenvalue weighted by atomic mass is 10.0. The molecule has 10 heteroatoms. The van der Waals surface area contributed by atoms with Crippen LogP contribution >= 0.6 is 0 Å². The van der Waals surface area contributed by atoms with Crippen LogP contribution in [-0.2, 0) is 17.1 Å². The van der Waals surface area contributed by atoms with Gasteiger partial charge < -0.3 is 15.0 Å². The van der Waals surface area contributed by atoms with E-state index >= 15 is 0 Å². The monoisotopic (exact) mass is 467 g/mol. The van der Waals surface area contributed by atoms with E-state index in [1.807, 2.05) is 24.3 Å². The number of hydrogen-bond donors (Lipinski definition) is 1. The summed E-state index contributed by atoms with van der Waals surface area (Å²) in [5.74, 6) is 0.404. The van der Waals surface area contributed by atoms with Gasteiger partial charge >= 0.3 is 12.4 Å². The molecule has 0 radical (unpaired) electrons. The lowest BCUT2D eigenvalue weighted by Gasteiger charge is -2.28. The summed E-state index contributed by atoms with van der Waals surface area (Å²) < 4.78 is 84.0. The fourth-order valence-corrected chi connectivity index (χ4v) is 3.49. The summed E-state index contributed by atoms with van der Waals surface area (Å²) in [6, 6.07) is 12.0. The minimum atomic E-state index is -4.90. The van der Waals surface area contributed by atoms with E-state index in [4.69, 9.17) is 4.74 Å². The molecule has 2 heterocycles. The van der Waals surface area contributed by atoms with Crippen molar-refractivity contribution in [2.45, 2.75) is 12.4 Å². The largest absolute Gasteiger partial charge is 0.416 e. The van der Waals surface area contributed by atoms with Gasteiger partial charge in [0.2, 0.25) is 0 Å². The van der Waals surface area contributed by atoms with E-state index in [2.05, 4.69) is 15.2 Å². The van der Waals surface area contributed by atoms with Crippen molar-refractivity contribution in [2.75, 3.05) is 36.5 Å². The molecule has 1 fully saturated rings. The number of anilines is 3. The fourth-order valence-electron chi connectivity index (χ4n) is 3.49. The number of alkyl halides is 6. The number of ether oxygens (including phenoxy) is 1. The Morgan fingerprint density at radius 1 is 0.758 bits per heavy atom. The Bertz CT molecular complexity index is 1060. The molecular weight excluding hydrogens is 448 g/mol. The average molecular weight is 467 g/mol. The Morgan fingerprint density at radius 2 is 1.36 bits per heavy atom. The molecule has 4 rings (SSSR count). The van der Waals surface area contributed by atoms with E-state index in [0.717, 1.165) is 24.5 Å². The zero-order chi connectivity index (χ0) is 23.6. The van der Waals surface area contributed by atoms with Crippen LogP contribution in [-0.4, -0.2) is 31.3 Å². The minimum absolute atomic E-state index is 0.105. The van der Waals surface area contributed by atoms with Crippen LogP contribution in [0.5, 0.6) is 0 Å². The van der Waals surface area contributed by atoms with Crippen LogP contribution in [0.1, 0.15) is 11.1 Å². The second-order valence-corrected chi connectivity index (χ2v) is 7.50. The first-order valence-electron chi connectivity index (χ1n) is 10.1. The van der Waals surface area contributed by atoms with Crippen molar-refractivity contribution in [1.29, 1.82) is 0 Å². The van der Waals surface area contributed by atoms with E-state index in [0.29, 0.717) is 31.2 Å². The first kappa shape index (κ1) is 22.9. The molecule has 0 spiro atoms. The molecule has 33 heavy (non-hydrogen) atoms. The molecule has 0 saturated carbocycles. The van der Waals surface area contributed by atoms with Crippen molar-refractivity contribution >= 4 is 17.2 Å². The van der Waals surface area contributed by atoms with Crippen molar-refractivity contribution in [1.82, 2.24) is 4.98 Å². The summed E-state index contributed by atoms with van der Waals surface area (Å²) in [5, 5.41) is 3.07. The summed E-state index contributed by atoms with van der Waals surface area (Å²) in [4.78, 5) is 6.34. The van der Waals surface area contributed by atoms with Gasteiger partial charge in [0, 0.05) is 36.2 Å². The Labute approximate surface area is 185 Å². The zero-order valence-electron chi connectivity index (χ0n) is 17.2. The second-order valence-electron chi connectivity index (χ2n) is 7.50. The van der Waals surface area contributed by atoms with Crippen molar-refractivity contribution in [3.8, 4) is 11.1 Å². The van der Waals surface area contributed by atoms with Gasteiger partial charge in [0.25, 0.3) is 0 Å². The van der Waals surface area contributed by atoms with Crippen LogP contribution in [0.3, 0.4) is 0 Å². The van der Waals surface area contributed by atoms with Gasteiger partial charge in [0.15, 0.2) is 0 Å². The molecule has 0 amide bonds. The molecule has 1 aromatic heterocycles. The van der Waals surface area contributed by atoms with Crippen LogP contribution in [0.4, 0.5) is 43.5 Å². The summed E-state index contributed by atoms with van der Waals surface area (Å²) >= 11 is 0. The Kier molecular flexibility index (Phi) is 6.20. The lowest BCUT2D eigenvalue weighted by Crippen LogP contribution is -2.36. The van der Waals surface area contributed by atoms with E-state index in [1.165, 1.54) is 18.3 Å². The highest BCUT2D eigenvalue weighted by molar-refractivity contribution is 5.68. The van der Waals surface area contributed by atoms with Crippen LogP contribution in [0.25, 0.3) is 11.1 Å². The summed E-state index contributed by atoms with van der Waals surface area (Å²) in [6.07, 6.45) is -8.57.